The van der Waals surface area contributed by atoms with Gasteiger partial charge < -0.3 is 9.63 Å². The summed E-state index contributed by atoms with van der Waals surface area (Å²) in [6, 6.07) is 4.10. The molecule has 0 amide bonds. The van der Waals surface area contributed by atoms with Crippen LogP contribution in [0.15, 0.2) is 16.7 Å². The highest BCUT2D eigenvalue weighted by atomic mass is 16.5. The number of rotatable bonds is 3. The summed E-state index contributed by atoms with van der Waals surface area (Å²) >= 11 is 0. The number of hydrogen-bond acceptors (Lipinski definition) is 3. The smallest absolute Gasteiger partial charge is 0.308 e. The monoisotopic (exact) mass is 259 g/mol. The first-order chi connectivity index (χ1) is 8.90. The molecule has 0 aliphatic rings. The van der Waals surface area contributed by atoms with Gasteiger partial charge in [0.05, 0.1) is 12.1 Å². The lowest BCUT2D eigenvalue weighted by Crippen LogP contribution is -2.02. The van der Waals surface area contributed by atoms with Crippen LogP contribution in [0.25, 0.3) is 11.3 Å². The van der Waals surface area contributed by atoms with Crippen LogP contribution in [0.1, 0.15) is 27.9 Å². The Hall–Kier alpha value is -2.10. The maximum absolute atomic E-state index is 10.9. The minimum Gasteiger partial charge on any atom is -0.481 e. The van der Waals surface area contributed by atoms with Gasteiger partial charge in [-0.05, 0) is 50.5 Å². The van der Waals surface area contributed by atoms with E-state index >= 15 is 0 Å². The molecule has 1 aromatic carbocycles. The second kappa shape index (κ2) is 4.88. The molecule has 0 unspecified atom stereocenters. The molecule has 100 valence electrons. The number of aromatic nitrogens is 1. The van der Waals surface area contributed by atoms with Gasteiger partial charge in [0.15, 0.2) is 5.76 Å². The molecule has 0 aliphatic carbocycles. The van der Waals surface area contributed by atoms with Gasteiger partial charge in [-0.2, -0.15) is 0 Å². The number of nitrogens with zero attached hydrogens (tertiary/aromatic N) is 1. The van der Waals surface area contributed by atoms with E-state index in [4.69, 9.17) is 9.63 Å². The van der Waals surface area contributed by atoms with Crippen molar-refractivity contribution < 1.29 is 14.4 Å². The van der Waals surface area contributed by atoms with Crippen molar-refractivity contribution in [3.05, 3.63) is 40.1 Å². The predicted molar refractivity (Wildman–Crippen MR) is 72.2 cm³/mol. The van der Waals surface area contributed by atoms with Crippen molar-refractivity contribution in [2.75, 3.05) is 0 Å². The average Bonchev–Trinajstić information content (AvgIpc) is 2.65. The molecule has 19 heavy (non-hydrogen) atoms. The van der Waals surface area contributed by atoms with Crippen LogP contribution in [0.2, 0.25) is 0 Å². The van der Waals surface area contributed by atoms with Gasteiger partial charge in [0.25, 0.3) is 0 Å². The number of hydrogen-bond donors (Lipinski definition) is 1. The van der Waals surface area contributed by atoms with Crippen LogP contribution in [0.4, 0.5) is 0 Å². The fourth-order valence-electron chi connectivity index (χ4n) is 2.16. The van der Waals surface area contributed by atoms with E-state index in [0.29, 0.717) is 17.0 Å². The molecule has 0 saturated heterocycles. The Balaban J connectivity index is 2.59. The molecule has 1 N–H and O–H groups in total. The molecule has 0 radical (unpaired) electrons. The number of aryl methyl sites for hydroxylation is 4. The topological polar surface area (TPSA) is 63.3 Å². The molecule has 0 saturated carbocycles. The van der Waals surface area contributed by atoms with Crippen molar-refractivity contribution >= 4 is 5.97 Å². The number of carboxylic acids is 1. The summed E-state index contributed by atoms with van der Waals surface area (Å²) < 4.78 is 5.34. The zero-order chi connectivity index (χ0) is 14.2. The molecule has 0 atom stereocenters. The molecule has 0 spiro atoms. The van der Waals surface area contributed by atoms with E-state index < -0.39 is 5.97 Å². The predicted octanol–water partition coefficient (Wildman–Crippen LogP) is 3.20. The summed E-state index contributed by atoms with van der Waals surface area (Å²) in [5.41, 5.74) is 5.62. The summed E-state index contributed by atoms with van der Waals surface area (Å²) in [6.07, 6.45) is -0.0724. The average molecular weight is 259 g/mol. The first-order valence-electron chi connectivity index (χ1n) is 6.15. The molecule has 1 heterocycles. The third-order valence-corrected chi connectivity index (χ3v) is 3.40. The number of carboxylic acid groups (broad SMARTS) is 1. The molecule has 2 rings (SSSR count). The fraction of sp³-hybridized carbons (Fsp3) is 0.333. The molecule has 1 aromatic heterocycles. The van der Waals surface area contributed by atoms with Crippen molar-refractivity contribution in [1.29, 1.82) is 0 Å². The van der Waals surface area contributed by atoms with Crippen LogP contribution in [-0.4, -0.2) is 16.2 Å². The Kier molecular flexibility index (Phi) is 3.42. The third-order valence-electron chi connectivity index (χ3n) is 3.40. The Morgan fingerprint density at radius 3 is 2.42 bits per heavy atom. The SMILES string of the molecule is Cc1cc(C)c(-c2onc(C)c2CC(=O)O)cc1C. The van der Waals surface area contributed by atoms with Gasteiger partial charge >= 0.3 is 5.97 Å². The molecular formula is C15H17NO3. The van der Waals surface area contributed by atoms with Crippen LogP contribution in [-0.2, 0) is 11.2 Å². The van der Waals surface area contributed by atoms with Gasteiger partial charge in [-0.25, -0.2) is 0 Å². The van der Waals surface area contributed by atoms with E-state index in [9.17, 15) is 4.79 Å². The van der Waals surface area contributed by atoms with Crippen molar-refractivity contribution in [1.82, 2.24) is 5.16 Å². The molecule has 0 bridgehead atoms. The van der Waals surface area contributed by atoms with Crippen LogP contribution in [0, 0.1) is 27.7 Å². The van der Waals surface area contributed by atoms with Gasteiger partial charge in [-0.15, -0.1) is 0 Å². The minimum absolute atomic E-state index is 0.0724. The Bertz CT molecular complexity index is 641. The lowest BCUT2D eigenvalue weighted by molar-refractivity contribution is -0.136. The van der Waals surface area contributed by atoms with E-state index in [1.54, 1.807) is 6.92 Å². The van der Waals surface area contributed by atoms with Crippen molar-refractivity contribution in [2.45, 2.75) is 34.1 Å². The molecule has 0 fully saturated rings. The van der Waals surface area contributed by atoms with Gasteiger partial charge in [0.1, 0.15) is 0 Å². The molecular weight excluding hydrogens is 242 g/mol. The van der Waals surface area contributed by atoms with Crippen LogP contribution >= 0.6 is 0 Å². The highest BCUT2D eigenvalue weighted by Crippen LogP contribution is 2.31. The maximum Gasteiger partial charge on any atom is 0.308 e. The molecule has 0 aliphatic heterocycles. The van der Waals surface area contributed by atoms with E-state index in [2.05, 4.69) is 18.1 Å². The molecule has 4 heteroatoms. The fourth-order valence-corrected chi connectivity index (χ4v) is 2.16. The Labute approximate surface area is 112 Å². The first-order valence-corrected chi connectivity index (χ1v) is 6.15. The second-order valence-electron chi connectivity index (χ2n) is 4.90. The number of benzene rings is 1. The van der Waals surface area contributed by atoms with Gasteiger partial charge in [0.2, 0.25) is 0 Å². The van der Waals surface area contributed by atoms with E-state index in [1.807, 2.05) is 19.9 Å². The number of carbonyl (C=O) groups is 1. The van der Waals surface area contributed by atoms with Crippen molar-refractivity contribution in [2.24, 2.45) is 0 Å². The standard InChI is InChI=1S/C15H17NO3/c1-8-5-10(3)12(6-9(8)2)15-13(7-14(17)18)11(4)16-19-15/h5-6H,7H2,1-4H3,(H,17,18). The van der Waals surface area contributed by atoms with Gasteiger partial charge in [0, 0.05) is 11.1 Å². The molecule has 4 nitrogen and oxygen atoms in total. The quantitative estimate of drug-likeness (QED) is 0.919. The van der Waals surface area contributed by atoms with E-state index in [-0.39, 0.29) is 6.42 Å². The summed E-state index contributed by atoms with van der Waals surface area (Å²) in [7, 11) is 0. The van der Waals surface area contributed by atoms with E-state index in [1.165, 1.54) is 5.56 Å². The zero-order valence-electron chi connectivity index (χ0n) is 11.6. The highest BCUT2D eigenvalue weighted by Gasteiger charge is 2.19. The zero-order valence-corrected chi connectivity index (χ0v) is 11.6. The Morgan fingerprint density at radius 2 is 1.79 bits per heavy atom. The minimum atomic E-state index is -0.881. The molecule has 2 aromatic rings. The Morgan fingerprint density at radius 1 is 1.16 bits per heavy atom. The normalized spacial score (nSPS) is 10.7. The van der Waals surface area contributed by atoms with Crippen LogP contribution < -0.4 is 0 Å². The van der Waals surface area contributed by atoms with Crippen molar-refractivity contribution in [3.8, 4) is 11.3 Å². The third kappa shape index (κ3) is 2.52. The lowest BCUT2D eigenvalue weighted by atomic mass is 9.96. The largest absolute Gasteiger partial charge is 0.481 e. The van der Waals surface area contributed by atoms with Crippen LogP contribution in [0.3, 0.4) is 0 Å². The summed E-state index contributed by atoms with van der Waals surface area (Å²) in [6.45, 7) is 7.83. The highest BCUT2D eigenvalue weighted by molar-refractivity contribution is 5.76. The van der Waals surface area contributed by atoms with E-state index in [0.717, 1.165) is 16.7 Å². The lowest BCUT2D eigenvalue weighted by Gasteiger charge is -2.08. The second-order valence-corrected chi connectivity index (χ2v) is 4.90. The number of aliphatic carboxylic acids is 1. The summed E-state index contributed by atoms with van der Waals surface area (Å²) in [4.78, 5) is 10.9. The maximum atomic E-state index is 10.9. The van der Waals surface area contributed by atoms with Crippen LogP contribution in [0.5, 0.6) is 0 Å². The van der Waals surface area contributed by atoms with Gasteiger partial charge in [-0.1, -0.05) is 11.2 Å². The van der Waals surface area contributed by atoms with Crippen molar-refractivity contribution in [3.63, 3.8) is 0 Å². The first kappa shape index (κ1) is 13.3. The van der Waals surface area contributed by atoms with Gasteiger partial charge in [-0.3, -0.25) is 4.79 Å². The summed E-state index contributed by atoms with van der Waals surface area (Å²) in [5, 5.41) is 12.9. The summed E-state index contributed by atoms with van der Waals surface area (Å²) in [5.74, 6) is -0.311.